The van der Waals surface area contributed by atoms with E-state index in [0.717, 1.165) is 29.2 Å². The molecule has 0 radical (unpaired) electrons. The number of amides is 2. The van der Waals surface area contributed by atoms with Crippen molar-refractivity contribution in [3.8, 4) is 0 Å². The molecule has 1 atom stereocenters. The highest BCUT2D eigenvalue weighted by atomic mass is 16.3. The molecule has 1 aliphatic heterocycles. The number of hydrogen-bond donors (Lipinski definition) is 1. The van der Waals surface area contributed by atoms with Crippen molar-refractivity contribution in [2.75, 3.05) is 11.9 Å². The first kappa shape index (κ1) is 19.1. The number of rotatable bonds is 5. The second-order valence-electron chi connectivity index (χ2n) is 10.5. The van der Waals surface area contributed by atoms with Gasteiger partial charge in [-0.3, -0.25) is 9.59 Å². The third-order valence-electron chi connectivity index (χ3n) is 8.32. The molecule has 5 aliphatic rings. The third kappa shape index (κ3) is 3.48. The smallest absolute Gasteiger partial charge is 0.229 e. The van der Waals surface area contributed by atoms with E-state index in [1.807, 2.05) is 12.1 Å². The average Bonchev–Trinajstić information content (AvgIpc) is 3.38. The number of furan rings is 1. The van der Waals surface area contributed by atoms with Gasteiger partial charge in [-0.15, -0.1) is 0 Å². The topological polar surface area (TPSA) is 62.6 Å². The fourth-order valence-corrected chi connectivity index (χ4v) is 7.31. The van der Waals surface area contributed by atoms with Gasteiger partial charge in [0.2, 0.25) is 11.8 Å². The van der Waals surface area contributed by atoms with Gasteiger partial charge in [-0.25, -0.2) is 0 Å². The molecule has 0 unspecified atom stereocenters. The van der Waals surface area contributed by atoms with Crippen molar-refractivity contribution < 1.29 is 14.0 Å². The normalized spacial score (nSPS) is 33.8. The van der Waals surface area contributed by atoms with E-state index in [0.29, 0.717) is 18.5 Å². The van der Waals surface area contributed by atoms with Crippen LogP contribution in [0, 0.1) is 23.7 Å². The number of benzene rings is 1. The quantitative estimate of drug-likeness (QED) is 0.763. The molecule has 2 amide bonds. The van der Waals surface area contributed by atoms with E-state index < -0.39 is 0 Å². The molecule has 1 aromatic carbocycles. The molecule has 4 bridgehead atoms. The van der Waals surface area contributed by atoms with Gasteiger partial charge >= 0.3 is 0 Å². The summed E-state index contributed by atoms with van der Waals surface area (Å²) >= 11 is 0. The summed E-state index contributed by atoms with van der Waals surface area (Å²) < 4.78 is 5.34. The van der Waals surface area contributed by atoms with Gasteiger partial charge in [0, 0.05) is 18.7 Å². The number of likely N-dealkylation sites (tertiary alicyclic amines) is 1. The minimum Gasteiger partial charge on any atom is -0.467 e. The van der Waals surface area contributed by atoms with Gasteiger partial charge in [-0.2, -0.15) is 0 Å². The van der Waals surface area contributed by atoms with E-state index >= 15 is 0 Å². The highest BCUT2D eigenvalue weighted by molar-refractivity contribution is 5.97. The Morgan fingerprint density at radius 2 is 1.71 bits per heavy atom. The molecule has 1 saturated heterocycles. The summed E-state index contributed by atoms with van der Waals surface area (Å²) in [7, 11) is 0. The molecular weight excluding hydrogens is 388 g/mol. The molecule has 4 aliphatic carbocycles. The van der Waals surface area contributed by atoms with Crippen LogP contribution >= 0.6 is 0 Å². The van der Waals surface area contributed by atoms with E-state index in [4.69, 9.17) is 4.42 Å². The van der Waals surface area contributed by atoms with Crippen LogP contribution in [0.1, 0.15) is 56.3 Å². The van der Waals surface area contributed by atoms with E-state index in [1.165, 1.54) is 44.1 Å². The summed E-state index contributed by atoms with van der Waals surface area (Å²) in [5.41, 5.74) is 2.67. The Labute approximate surface area is 183 Å². The maximum Gasteiger partial charge on any atom is 0.229 e. The molecule has 7 rings (SSSR count). The van der Waals surface area contributed by atoms with Gasteiger partial charge in [0.1, 0.15) is 5.76 Å². The van der Waals surface area contributed by atoms with Crippen LogP contribution in [0.25, 0.3) is 0 Å². The van der Waals surface area contributed by atoms with Crippen LogP contribution in [0.15, 0.2) is 47.1 Å². The van der Waals surface area contributed by atoms with Crippen LogP contribution < -0.4 is 5.32 Å². The van der Waals surface area contributed by atoms with Crippen molar-refractivity contribution >= 4 is 17.5 Å². The maximum absolute atomic E-state index is 12.8. The predicted octanol–water partition coefficient (Wildman–Crippen LogP) is 4.73. The number of carbonyl (C=O) groups is 2. The van der Waals surface area contributed by atoms with Crippen molar-refractivity contribution in [2.24, 2.45) is 23.7 Å². The minimum atomic E-state index is -0.315. The van der Waals surface area contributed by atoms with Crippen LogP contribution in [-0.2, 0) is 21.5 Å². The van der Waals surface area contributed by atoms with Crippen molar-refractivity contribution in [3.63, 3.8) is 0 Å². The highest BCUT2D eigenvalue weighted by Gasteiger charge is 2.51. The van der Waals surface area contributed by atoms with Crippen LogP contribution in [0.3, 0.4) is 0 Å². The van der Waals surface area contributed by atoms with Crippen molar-refractivity contribution in [2.45, 2.75) is 56.9 Å². The SMILES string of the molecule is O=C(Nc1ccc(C23CC4CC(CC(C4)C2)C3)cc1)[C@H]1CC(=O)N(Cc2ccco2)C1. The van der Waals surface area contributed by atoms with Crippen molar-refractivity contribution in [3.05, 3.63) is 54.0 Å². The van der Waals surface area contributed by atoms with E-state index in [2.05, 4.69) is 29.6 Å². The highest BCUT2D eigenvalue weighted by Crippen LogP contribution is 2.60. The van der Waals surface area contributed by atoms with E-state index in [9.17, 15) is 9.59 Å². The lowest BCUT2D eigenvalue weighted by Crippen LogP contribution is -2.48. The minimum absolute atomic E-state index is 0.00807. The molecule has 2 aromatic rings. The standard InChI is InChI=1S/C26H30N2O3/c29-24-11-20(15-28(24)16-23-2-1-7-31-23)25(30)27-22-5-3-21(4-6-22)26-12-17-8-18(13-26)10-19(9-17)14-26/h1-7,17-20H,8-16H2,(H,27,30)/t17?,18?,19?,20-,26?/m0/s1. The number of anilines is 1. The Morgan fingerprint density at radius 3 is 2.32 bits per heavy atom. The summed E-state index contributed by atoms with van der Waals surface area (Å²) in [6.07, 6.45) is 10.3. The van der Waals surface area contributed by atoms with Gasteiger partial charge in [0.25, 0.3) is 0 Å². The number of hydrogen-bond acceptors (Lipinski definition) is 3. The maximum atomic E-state index is 12.8. The summed E-state index contributed by atoms with van der Waals surface area (Å²) in [6.45, 7) is 0.867. The Kier molecular flexibility index (Phi) is 4.48. The second-order valence-corrected chi connectivity index (χ2v) is 10.5. The first-order valence-electron chi connectivity index (χ1n) is 11.8. The summed E-state index contributed by atoms with van der Waals surface area (Å²) in [5.74, 6) is 3.14. The molecule has 162 valence electrons. The molecule has 5 nitrogen and oxygen atoms in total. The monoisotopic (exact) mass is 418 g/mol. The van der Waals surface area contributed by atoms with Crippen LogP contribution in [0.5, 0.6) is 0 Å². The van der Waals surface area contributed by atoms with Gasteiger partial charge in [0.05, 0.1) is 18.7 Å². The van der Waals surface area contributed by atoms with E-state index in [1.54, 1.807) is 11.2 Å². The summed E-state index contributed by atoms with van der Waals surface area (Å²) in [5, 5.41) is 3.04. The Hall–Kier alpha value is -2.56. The third-order valence-corrected chi connectivity index (χ3v) is 8.32. The van der Waals surface area contributed by atoms with Crippen LogP contribution in [0.2, 0.25) is 0 Å². The average molecular weight is 419 g/mol. The first-order chi connectivity index (χ1) is 15.1. The van der Waals surface area contributed by atoms with Crippen LogP contribution in [-0.4, -0.2) is 23.3 Å². The number of nitrogens with zero attached hydrogens (tertiary/aromatic N) is 1. The summed E-state index contributed by atoms with van der Waals surface area (Å²) in [4.78, 5) is 26.8. The zero-order valence-corrected chi connectivity index (χ0v) is 17.9. The predicted molar refractivity (Wildman–Crippen MR) is 117 cm³/mol. The molecule has 31 heavy (non-hydrogen) atoms. The van der Waals surface area contributed by atoms with Gasteiger partial charge in [0.15, 0.2) is 0 Å². The molecule has 5 fully saturated rings. The molecule has 0 spiro atoms. The second kappa shape index (κ2) is 7.25. The molecule has 5 heteroatoms. The lowest BCUT2D eigenvalue weighted by molar-refractivity contribution is -0.128. The van der Waals surface area contributed by atoms with Crippen LogP contribution in [0.4, 0.5) is 5.69 Å². The Balaban J connectivity index is 1.10. The molecule has 2 heterocycles. The zero-order valence-electron chi connectivity index (χ0n) is 17.9. The molecular formula is C26H30N2O3. The van der Waals surface area contributed by atoms with Gasteiger partial charge in [-0.05, 0) is 91.5 Å². The zero-order chi connectivity index (χ0) is 21.0. The molecule has 1 N–H and O–H groups in total. The summed E-state index contributed by atoms with van der Waals surface area (Å²) in [6, 6.07) is 12.3. The fourth-order valence-electron chi connectivity index (χ4n) is 7.31. The number of nitrogens with one attached hydrogen (secondary N) is 1. The number of carbonyl (C=O) groups excluding carboxylic acids is 2. The lowest BCUT2D eigenvalue weighted by Gasteiger charge is -2.57. The fraction of sp³-hybridized carbons (Fsp3) is 0.538. The van der Waals surface area contributed by atoms with E-state index in [-0.39, 0.29) is 24.2 Å². The Morgan fingerprint density at radius 1 is 1.03 bits per heavy atom. The molecule has 4 saturated carbocycles. The first-order valence-corrected chi connectivity index (χ1v) is 11.8. The molecule has 1 aromatic heterocycles. The largest absolute Gasteiger partial charge is 0.467 e. The Bertz CT molecular complexity index is 943. The van der Waals surface area contributed by atoms with Crippen molar-refractivity contribution in [1.82, 2.24) is 4.90 Å². The lowest BCUT2D eigenvalue weighted by atomic mass is 9.48. The van der Waals surface area contributed by atoms with Crippen molar-refractivity contribution in [1.29, 1.82) is 0 Å². The van der Waals surface area contributed by atoms with Gasteiger partial charge < -0.3 is 14.6 Å². The van der Waals surface area contributed by atoms with Gasteiger partial charge in [-0.1, -0.05) is 12.1 Å².